The molecule has 0 heterocycles. The fourth-order valence-corrected chi connectivity index (χ4v) is 5.28. The van der Waals surface area contributed by atoms with Gasteiger partial charge in [0.2, 0.25) is 0 Å². The maximum atomic E-state index is 11.5. The Kier molecular flexibility index (Phi) is 4.76. The Bertz CT molecular complexity index is 756. The quantitative estimate of drug-likeness (QED) is 0.852. The fourth-order valence-electron chi connectivity index (χ4n) is 5.28. The Morgan fingerprint density at radius 2 is 1.77 bits per heavy atom. The summed E-state index contributed by atoms with van der Waals surface area (Å²) in [6.07, 6.45) is 6.73. The molecular formula is C23H29NO2. The Morgan fingerprint density at radius 3 is 2.58 bits per heavy atom. The fraction of sp³-hybridized carbons (Fsp3) is 0.478. The molecule has 3 N–H and O–H groups in total. The molecule has 4 rings (SSSR count). The largest absolute Gasteiger partial charge is 0.489 e. The molecular weight excluding hydrogens is 322 g/mol. The van der Waals surface area contributed by atoms with Gasteiger partial charge in [-0.1, -0.05) is 55.3 Å². The zero-order valence-corrected chi connectivity index (χ0v) is 15.4. The molecule has 1 saturated carbocycles. The second-order valence-corrected chi connectivity index (χ2v) is 7.92. The first-order valence-corrected chi connectivity index (χ1v) is 9.90. The van der Waals surface area contributed by atoms with Gasteiger partial charge < -0.3 is 15.6 Å². The van der Waals surface area contributed by atoms with Crippen molar-refractivity contribution in [3.63, 3.8) is 0 Å². The molecule has 26 heavy (non-hydrogen) atoms. The minimum atomic E-state index is -0.615. The Hall–Kier alpha value is -1.84. The lowest BCUT2D eigenvalue weighted by atomic mass is 9.53. The molecule has 0 aliphatic heterocycles. The Balaban J connectivity index is 1.69. The van der Waals surface area contributed by atoms with Gasteiger partial charge in [0.25, 0.3) is 0 Å². The van der Waals surface area contributed by atoms with Crippen LogP contribution in [0.15, 0.2) is 48.5 Å². The van der Waals surface area contributed by atoms with Crippen molar-refractivity contribution in [2.45, 2.75) is 62.6 Å². The van der Waals surface area contributed by atoms with Crippen LogP contribution in [-0.2, 0) is 18.4 Å². The summed E-state index contributed by atoms with van der Waals surface area (Å²) in [5, 5.41) is 11.5. The van der Waals surface area contributed by atoms with E-state index < -0.39 is 5.60 Å². The smallest absolute Gasteiger partial charge is 0.123 e. The second-order valence-electron chi connectivity index (χ2n) is 7.92. The molecule has 3 nitrogen and oxygen atoms in total. The van der Waals surface area contributed by atoms with Gasteiger partial charge in [-0.15, -0.1) is 0 Å². The highest BCUT2D eigenvalue weighted by molar-refractivity contribution is 5.49. The van der Waals surface area contributed by atoms with Crippen LogP contribution in [0.1, 0.15) is 55.2 Å². The van der Waals surface area contributed by atoms with E-state index in [2.05, 4.69) is 30.3 Å². The summed E-state index contributed by atoms with van der Waals surface area (Å²) in [5.41, 5.74) is 8.92. The molecule has 2 atom stereocenters. The van der Waals surface area contributed by atoms with Crippen LogP contribution in [0.25, 0.3) is 0 Å². The number of ether oxygens (including phenoxy) is 1. The van der Waals surface area contributed by atoms with Crippen molar-refractivity contribution in [2.24, 2.45) is 5.73 Å². The van der Waals surface area contributed by atoms with Crippen LogP contribution < -0.4 is 10.5 Å². The number of rotatable bonds is 5. The van der Waals surface area contributed by atoms with Gasteiger partial charge in [0.05, 0.1) is 5.60 Å². The predicted molar refractivity (Wildman–Crippen MR) is 104 cm³/mol. The normalized spacial score (nSPS) is 27.5. The predicted octanol–water partition coefficient (Wildman–Crippen LogP) is 4.10. The van der Waals surface area contributed by atoms with Crippen LogP contribution >= 0.6 is 0 Å². The average molecular weight is 351 g/mol. The first-order chi connectivity index (χ1) is 12.7. The highest BCUT2D eigenvalue weighted by atomic mass is 16.5. The Morgan fingerprint density at radius 1 is 0.962 bits per heavy atom. The Labute approximate surface area is 156 Å². The van der Waals surface area contributed by atoms with Crippen molar-refractivity contribution in [1.29, 1.82) is 0 Å². The number of hydrogen-bond donors (Lipinski definition) is 2. The van der Waals surface area contributed by atoms with Crippen LogP contribution in [0.2, 0.25) is 0 Å². The maximum Gasteiger partial charge on any atom is 0.123 e. The van der Waals surface area contributed by atoms with E-state index in [1.807, 2.05) is 18.2 Å². The number of nitrogens with two attached hydrogens (primary N) is 1. The molecule has 0 saturated heterocycles. The molecule has 0 aromatic heterocycles. The number of aliphatic hydroxyl groups is 1. The van der Waals surface area contributed by atoms with Crippen LogP contribution in [0.5, 0.6) is 5.75 Å². The molecule has 3 heteroatoms. The maximum absolute atomic E-state index is 11.5. The highest BCUT2D eigenvalue weighted by Crippen LogP contribution is 2.55. The number of fused-ring (bicyclic) bond motifs is 3. The van der Waals surface area contributed by atoms with Crippen molar-refractivity contribution < 1.29 is 9.84 Å². The first kappa shape index (κ1) is 17.6. The van der Waals surface area contributed by atoms with E-state index in [1.165, 1.54) is 16.7 Å². The molecule has 2 aromatic rings. The molecule has 2 aromatic carbocycles. The van der Waals surface area contributed by atoms with Gasteiger partial charge in [-0.2, -0.15) is 0 Å². The molecule has 0 radical (unpaired) electrons. The summed E-state index contributed by atoms with van der Waals surface area (Å²) in [7, 11) is 0. The number of benzene rings is 2. The topological polar surface area (TPSA) is 55.5 Å². The molecule has 0 spiro atoms. The third kappa shape index (κ3) is 2.83. The lowest BCUT2D eigenvalue weighted by Crippen LogP contribution is -2.57. The van der Waals surface area contributed by atoms with Gasteiger partial charge in [0, 0.05) is 5.41 Å². The molecule has 138 valence electrons. The molecule has 2 aliphatic carbocycles. The van der Waals surface area contributed by atoms with Gasteiger partial charge in [0.1, 0.15) is 12.4 Å². The lowest BCUT2D eigenvalue weighted by molar-refractivity contribution is -0.0864. The zero-order chi connectivity index (χ0) is 18.0. The van der Waals surface area contributed by atoms with Crippen LogP contribution in [-0.4, -0.2) is 17.3 Å². The van der Waals surface area contributed by atoms with Gasteiger partial charge in [0.15, 0.2) is 0 Å². The van der Waals surface area contributed by atoms with Crippen molar-refractivity contribution >= 4 is 0 Å². The van der Waals surface area contributed by atoms with Crippen LogP contribution in [0.4, 0.5) is 0 Å². The van der Waals surface area contributed by atoms with E-state index in [1.54, 1.807) is 0 Å². The third-order valence-electron chi connectivity index (χ3n) is 6.58. The van der Waals surface area contributed by atoms with Gasteiger partial charge in [-0.3, -0.25) is 0 Å². The standard InChI is InChI=1S/C23H29NO2/c24-16-15-22-12-4-5-13-23(22,25)14-11-19-20(22)9-6-10-21(19)26-17-18-7-2-1-3-8-18/h1-3,6-10,25H,4-5,11-17,24H2/t22-,23+/m1/s1. The number of hydrogen-bond acceptors (Lipinski definition) is 3. The monoisotopic (exact) mass is 351 g/mol. The first-order valence-electron chi connectivity index (χ1n) is 9.90. The zero-order valence-electron chi connectivity index (χ0n) is 15.4. The van der Waals surface area contributed by atoms with E-state index in [0.717, 1.165) is 50.7 Å². The van der Waals surface area contributed by atoms with E-state index in [4.69, 9.17) is 10.5 Å². The molecule has 0 bridgehead atoms. The van der Waals surface area contributed by atoms with Crippen molar-refractivity contribution in [3.05, 3.63) is 65.2 Å². The third-order valence-corrected chi connectivity index (χ3v) is 6.58. The van der Waals surface area contributed by atoms with Crippen LogP contribution in [0.3, 0.4) is 0 Å². The average Bonchev–Trinajstić information content (AvgIpc) is 2.67. The van der Waals surface area contributed by atoms with Crippen molar-refractivity contribution in [2.75, 3.05) is 6.54 Å². The van der Waals surface area contributed by atoms with E-state index >= 15 is 0 Å². The molecule has 0 amide bonds. The van der Waals surface area contributed by atoms with E-state index in [9.17, 15) is 5.11 Å². The SMILES string of the molecule is NCC[C@@]12CCCC[C@]1(O)CCc1c(OCc3ccccc3)cccc12. The van der Waals surface area contributed by atoms with Gasteiger partial charge in [-0.25, -0.2) is 0 Å². The molecule has 2 aliphatic rings. The van der Waals surface area contributed by atoms with Crippen LogP contribution in [0, 0.1) is 0 Å². The minimum Gasteiger partial charge on any atom is -0.489 e. The molecule has 0 unspecified atom stereocenters. The van der Waals surface area contributed by atoms with Gasteiger partial charge in [-0.05, 0) is 61.4 Å². The van der Waals surface area contributed by atoms with E-state index in [-0.39, 0.29) is 5.41 Å². The summed E-state index contributed by atoms with van der Waals surface area (Å²) >= 11 is 0. The second kappa shape index (κ2) is 7.05. The highest BCUT2D eigenvalue weighted by Gasteiger charge is 2.55. The lowest BCUT2D eigenvalue weighted by Gasteiger charge is -2.55. The summed E-state index contributed by atoms with van der Waals surface area (Å²) in [6.45, 7) is 1.18. The molecule has 1 fully saturated rings. The van der Waals surface area contributed by atoms with E-state index in [0.29, 0.717) is 13.2 Å². The summed E-state index contributed by atoms with van der Waals surface area (Å²) in [5.74, 6) is 0.968. The minimum absolute atomic E-state index is 0.209. The van der Waals surface area contributed by atoms with Crippen molar-refractivity contribution in [1.82, 2.24) is 0 Å². The summed E-state index contributed by atoms with van der Waals surface area (Å²) in [4.78, 5) is 0. The van der Waals surface area contributed by atoms with Crippen molar-refractivity contribution in [3.8, 4) is 5.75 Å². The summed E-state index contributed by atoms with van der Waals surface area (Å²) < 4.78 is 6.21. The summed E-state index contributed by atoms with van der Waals surface area (Å²) in [6, 6.07) is 16.6. The van der Waals surface area contributed by atoms with Gasteiger partial charge >= 0.3 is 0 Å².